The second-order valence-electron chi connectivity index (χ2n) is 2.82. The van der Waals surface area contributed by atoms with Crippen molar-refractivity contribution in [3.05, 3.63) is 34.1 Å². The molecule has 76 valence electrons. The highest BCUT2D eigenvalue weighted by Crippen LogP contribution is 2.27. The van der Waals surface area contributed by atoms with Gasteiger partial charge >= 0.3 is 5.97 Å². The number of hydrogen-bond donors (Lipinski definition) is 2. The second-order valence-corrected chi connectivity index (χ2v) is 3.19. The van der Waals surface area contributed by atoms with E-state index in [2.05, 4.69) is 0 Å². The van der Waals surface area contributed by atoms with E-state index in [4.69, 9.17) is 16.7 Å². The molecule has 0 radical (unpaired) electrons. The lowest BCUT2D eigenvalue weighted by molar-refractivity contribution is -0.146. The summed E-state index contributed by atoms with van der Waals surface area (Å²) in [5, 5.41) is 17.6. The maximum Gasteiger partial charge on any atom is 0.337 e. The smallest absolute Gasteiger partial charge is 0.337 e. The first-order valence-corrected chi connectivity index (χ1v) is 4.18. The van der Waals surface area contributed by atoms with E-state index in [-0.39, 0.29) is 16.1 Å². The molecule has 0 aliphatic carbocycles. The van der Waals surface area contributed by atoms with Crippen LogP contribution in [0.25, 0.3) is 0 Å². The number of hydrogen-bond acceptors (Lipinski definition) is 2. The van der Waals surface area contributed by atoms with Crippen LogP contribution in [0.2, 0.25) is 5.02 Å². The fraction of sp³-hybridized carbons (Fsp3) is 0.222. The Kier molecular flexibility index (Phi) is 3.08. The van der Waals surface area contributed by atoms with Gasteiger partial charge in [0.15, 0.2) is 6.10 Å². The number of carbonyl (C=O) groups is 1. The maximum absolute atomic E-state index is 12.9. The topological polar surface area (TPSA) is 57.5 Å². The van der Waals surface area contributed by atoms with Crippen LogP contribution in [-0.2, 0) is 4.79 Å². The summed E-state index contributed by atoms with van der Waals surface area (Å²) in [4.78, 5) is 10.4. The van der Waals surface area contributed by atoms with Crippen LogP contribution in [0.1, 0.15) is 17.2 Å². The molecule has 1 rings (SSSR count). The van der Waals surface area contributed by atoms with Crippen molar-refractivity contribution in [2.75, 3.05) is 0 Å². The van der Waals surface area contributed by atoms with Crippen molar-refractivity contribution in [1.29, 1.82) is 0 Å². The molecular formula is C9H8ClFO3. The molecule has 1 unspecified atom stereocenters. The molecular weight excluding hydrogens is 211 g/mol. The van der Waals surface area contributed by atoms with Gasteiger partial charge in [0.25, 0.3) is 0 Å². The number of carboxylic acid groups (broad SMARTS) is 1. The van der Waals surface area contributed by atoms with E-state index in [0.29, 0.717) is 0 Å². The van der Waals surface area contributed by atoms with Crippen LogP contribution < -0.4 is 0 Å². The van der Waals surface area contributed by atoms with Gasteiger partial charge in [-0.3, -0.25) is 0 Å². The number of aliphatic hydroxyl groups is 1. The van der Waals surface area contributed by atoms with Crippen LogP contribution in [0, 0.1) is 12.7 Å². The fourth-order valence-corrected chi connectivity index (χ4v) is 1.28. The van der Waals surface area contributed by atoms with Crippen LogP contribution in [0.3, 0.4) is 0 Å². The van der Waals surface area contributed by atoms with E-state index in [0.717, 1.165) is 12.1 Å². The monoisotopic (exact) mass is 218 g/mol. The molecule has 2 N–H and O–H groups in total. The van der Waals surface area contributed by atoms with Gasteiger partial charge in [-0.2, -0.15) is 0 Å². The quantitative estimate of drug-likeness (QED) is 0.797. The summed E-state index contributed by atoms with van der Waals surface area (Å²) in [5.74, 6) is -1.95. The summed E-state index contributed by atoms with van der Waals surface area (Å²) in [7, 11) is 0. The normalized spacial score (nSPS) is 12.6. The third kappa shape index (κ3) is 1.86. The van der Waals surface area contributed by atoms with E-state index in [1.165, 1.54) is 6.92 Å². The predicted octanol–water partition coefficient (Wildman–Crippen LogP) is 1.91. The molecule has 0 fully saturated rings. The van der Waals surface area contributed by atoms with Gasteiger partial charge in [0.2, 0.25) is 0 Å². The van der Waals surface area contributed by atoms with Crippen molar-refractivity contribution < 1.29 is 19.4 Å². The molecule has 14 heavy (non-hydrogen) atoms. The average Bonchev–Trinajstić information content (AvgIpc) is 2.13. The minimum Gasteiger partial charge on any atom is -0.479 e. The zero-order chi connectivity index (χ0) is 10.9. The Morgan fingerprint density at radius 2 is 2.14 bits per heavy atom. The van der Waals surface area contributed by atoms with E-state index in [9.17, 15) is 14.3 Å². The van der Waals surface area contributed by atoms with Crippen molar-refractivity contribution >= 4 is 17.6 Å². The van der Waals surface area contributed by atoms with Crippen molar-refractivity contribution in [3.8, 4) is 0 Å². The largest absolute Gasteiger partial charge is 0.479 e. The maximum atomic E-state index is 12.9. The second kappa shape index (κ2) is 3.94. The lowest BCUT2D eigenvalue weighted by Gasteiger charge is -2.10. The van der Waals surface area contributed by atoms with Crippen molar-refractivity contribution in [2.24, 2.45) is 0 Å². The molecule has 1 atom stereocenters. The standard InChI is InChI=1S/C9H8ClFO3/c1-4-6(11)3-2-5(7(4)10)8(12)9(13)14/h2-3,8,12H,1H3,(H,13,14). The molecule has 0 aliphatic heterocycles. The number of aliphatic hydroxyl groups excluding tert-OH is 1. The van der Waals surface area contributed by atoms with Crippen molar-refractivity contribution in [1.82, 2.24) is 0 Å². The van der Waals surface area contributed by atoms with E-state index >= 15 is 0 Å². The Morgan fingerprint density at radius 1 is 1.57 bits per heavy atom. The van der Waals surface area contributed by atoms with Gasteiger partial charge in [0.1, 0.15) is 5.82 Å². The van der Waals surface area contributed by atoms with Crippen LogP contribution in [-0.4, -0.2) is 16.2 Å². The number of rotatable bonds is 2. The summed E-state index contributed by atoms with van der Waals surface area (Å²) in [6.45, 7) is 1.41. The van der Waals surface area contributed by atoms with Crippen LogP contribution in [0.15, 0.2) is 12.1 Å². The Balaban J connectivity index is 3.24. The fourth-order valence-electron chi connectivity index (χ4n) is 1.03. The number of carboxylic acids is 1. The lowest BCUT2D eigenvalue weighted by atomic mass is 10.1. The lowest BCUT2D eigenvalue weighted by Crippen LogP contribution is -2.11. The summed E-state index contributed by atoms with van der Waals surface area (Å²) >= 11 is 5.67. The third-order valence-electron chi connectivity index (χ3n) is 1.88. The Hall–Kier alpha value is -1.13. The van der Waals surface area contributed by atoms with Gasteiger partial charge in [-0.15, -0.1) is 0 Å². The van der Waals surface area contributed by atoms with E-state index < -0.39 is 17.9 Å². The number of halogens is 2. The van der Waals surface area contributed by atoms with Gasteiger partial charge in [0, 0.05) is 11.1 Å². The Labute approximate surface area is 84.7 Å². The molecule has 0 heterocycles. The third-order valence-corrected chi connectivity index (χ3v) is 2.38. The molecule has 1 aromatic rings. The molecule has 5 heteroatoms. The Bertz CT molecular complexity index is 379. The average molecular weight is 219 g/mol. The van der Waals surface area contributed by atoms with Crippen LogP contribution in [0.5, 0.6) is 0 Å². The first-order chi connectivity index (χ1) is 6.45. The highest BCUT2D eigenvalue weighted by Gasteiger charge is 2.20. The summed E-state index contributed by atoms with van der Waals surface area (Å²) in [5.41, 5.74) is 0.127. The summed E-state index contributed by atoms with van der Waals surface area (Å²) < 4.78 is 12.9. The van der Waals surface area contributed by atoms with Crippen molar-refractivity contribution in [2.45, 2.75) is 13.0 Å². The molecule has 0 amide bonds. The molecule has 3 nitrogen and oxygen atoms in total. The van der Waals surface area contributed by atoms with Crippen molar-refractivity contribution in [3.63, 3.8) is 0 Å². The van der Waals surface area contributed by atoms with Gasteiger partial charge in [-0.05, 0) is 13.0 Å². The predicted molar refractivity (Wildman–Crippen MR) is 48.7 cm³/mol. The highest BCUT2D eigenvalue weighted by atomic mass is 35.5. The highest BCUT2D eigenvalue weighted by molar-refractivity contribution is 6.32. The SMILES string of the molecule is Cc1c(F)ccc(C(O)C(=O)O)c1Cl. The Morgan fingerprint density at radius 3 is 2.64 bits per heavy atom. The van der Waals surface area contributed by atoms with Gasteiger partial charge in [-0.1, -0.05) is 17.7 Å². The van der Waals surface area contributed by atoms with Crippen LogP contribution >= 0.6 is 11.6 Å². The summed E-state index contributed by atoms with van der Waals surface area (Å²) in [6, 6.07) is 2.23. The minimum atomic E-state index is -1.72. The number of aliphatic carboxylic acids is 1. The first kappa shape index (κ1) is 10.9. The zero-order valence-electron chi connectivity index (χ0n) is 7.29. The van der Waals surface area contributed by atoms with E-state index in [1.807, 2.05) is 0 Å². The molecule has 0 aromatic heterocycles. The number of benzene rings is 1. The molecule has 0 aliphatic rings. The van der Waals surface area contributed by atoms with Crippen LogP contribution in [0.4, 0.5) is 4.39 Å². The molecule has 0 spiro atoms. The molecule has 1 aromatic carbocycles. The zero-order valence-corrected chi connectivity index (χ0v) is 8.05. The molecule has 0 saturated heterocycles. The molecule has 0 saturated carbocycles. The van der Waals surface area contributed by atoms with Gasteiger partial charge in [-0.25, -0.2) is 9.18 Å². The first-order valence-electron chi connectivity index (χ1n) is 3.80. The van der Waals surface area contributed by atoms with Gasteiger partial charge < -0.3 is 10.2 Å². The molecule has 0 bridgehead atoms. The summed E-state index contributed by atoms with van der Waals surface area (Å²) in [6.07, 6.45) is -1.72. The van der Waals surface area contributed by atoms with E-state index in [1.54, 1.807) is 0 Å². The minimum absolute atomic E-state index is 0.00179. The van der Waals surface area contributed by atoms with Gasteiger partial charge in [0.05, 0.1) is 5.02 Å².